The Kier molecular flexibility index (Phi) is 9.12. The molecule has 2 aromatic carbocycles. The smallest absolute Gasteiger partial charge is 0.407 e. The molecule has 0 unspecified atom stereocenters. The number of carboxylic acid groups (broad SMARTS) is 1. The number of anilines is 1. The standard InChI is InChI=1S/C25H35N3O6S/c1-18(2)15-27(35(32,33)22-10-8-20(26)9-11-22)16-24(29)23(14-19-6-4-3-5-7-19)28(25(30)31)21-12-13-34-17-21/h3-11,18,21,23-24,29H,12-17,26H2,1-2H3,(H,30,31)/t21-,23-,24+/m0/s1. The molecule has 1 saturated heterocycles. The summed E-state index contributed by atoms with van der Waals surface area (Å²) in [5, 5.41) is 21.5. The van der Waals surface area contributed by atoms with E-state index in [4.69, 9.17) is 10.5 Å². The van der Waals surface area contributed by atoms with Crippen molar-refractivity contribution in [2.75, 3.05) is 32.0 Å². The van der Waals surface area contributed by atoms with E-state index in [1.54, 1.807) is 0 Å². The van der Waals surface area contributed by atoms with E-state index < -0.39 is 34.3 Å². The van der Waals surface area contributed by atoms with E-state index in [0.717, 1.165) is 5.56 Å². The fourth-order valence-electron chi connectivity index (χ4n) is 4.38. The van der Waals surface area contributed by atoms with Crippen LogP contribution in [0.3, 0.4) is 0 Å². The van der Waals surface area contributed by atoms with Crippen LogP contribution in [0.5, 0.6) is 0 Å². The van der Waals surface area contributed by atoms with Gasteiger partial charge < -0.3 is 20.7 Å². The monoisotopic (exact) mass is 505 g/mol. The van der Waals surface area contributed by atoms with E-state index in [2.05, 4.69) is 0 Å². The molecule has 1 amide bonds. The fourth-order valence-corrected chi connectivity index (χ4v) is 6.00. The molecule has 3 atom stereocenters. The Bertz CT molecular complexity index is 1060. The summed E-state index contributed by atoms with van der Waals surface area (Å²) in [6.07, 6.45) is -1.68. The van der Waals surface area contributed by atoms with E-state index in [1.165, 1.54) is 33.5 Å². The lowest BCUT2D eigenvalue weighted by Gasteiger charge is -2.38. The highest BCUT2D eigenvalue weighted by molar-refractivity contribution is 7.89. The highest BCUT2D eigenvalue weighted by Crippen LogP contribution is 2.24. The highest BCUT2D eigenvalue weighted by atomic mass is 32.2. The Morgan fingerprint density at radius 2 is 1.77 bits per heavy atom. The lowest BCUT2D eigenvalue weighted by Crippen LogP contribution is -2.56. The van der Waals surface area contributed by atoms with Crippen molar-refractivity contribution in [3.8, 4) is 0 Å². The molecule has 35 heavy (non-hydrogen) atoms. The lowest BCUT2D eigenvalue weighted by molar-refractivity contribution is 0.0163. The van der Waals surface area contributed by atoms with Crippen molar-refractivity contribution in [2.24, 2.45) is 5.92 Å². The average Bonchev–Trinajstić information content (AvgIpc) is 3.33. The predicted octanol–water partition coefficient (Wildman–Crippen LogP) is 2.66. The summed E-state index contributed by atoms with van der Waals surface area (Å²) in [6.45, 7) is 4.37. The van der Waals surface area contributed by atoms with Gasteiger partial charge in [0.05, 0.1) is 29.7 Å². The first-order valence-corrected chi connectivity index (χ1v) is 13.2. The van der Waals surface area contributed by atoms with E-state index in [-0.39, 0.29) is 36.9 Å². The maximum absolute atomic E-state index is 13.5. The van der Waals surface area contributed by atoms with Crippen LogP contribution in [0.15, 0.2) is 59.5 Å². The number of aliphatic hydroxyl groups is 1. The third-order valence-electron chi connectivity index (χ3n) is 6.09. The van der Waals surface area contributed by atoms with Crippen molar-refractivity contribution in [2.45, 2.75) is 49.8 Å². The zero-order valence-corrected chi connectivity index (χ0v) is 21.0. The van der Waals surface area contributed by atoms with Gasteiger partial charge in [-0.25, -0.2) is 13.2 Å². The van der Waals surface area contributed by atoms with Crippen molar-refractivity contribution in [3.05, 3.63) is 60.2 Å². The van der Waals surface area contributed by atoms with Crippen molar-refractivity contribution < 1.29 is 28.2 Å². The minimum absolute atomic E-state index is 0.0165. The van der Waals surface area contributed by atoms with Gasteiger partial charge in [-0.1, -0.05) is 44.2 Å². The van der Waals surface area contributed by atoms with Crippen LogP contribution in [0, 0.1) is 5.92 Å². The molecule has 10 heteroatoms. The molecular formula is C25H35N3O6S. The number of nitrogen functional groups attached to an aromatic ring is 1. The summed E-state index contributed by atoms with van der Waals surface area (Å²) in [4.78, 5) is 13.7. The van der Waals surface area contributed by atoms with Gasteiger partial charge in [0.1, 0.15) is 0 Å². The number of hydrogen-bond donors (Lipinski definition) is 3. The van der Waals surface area contributed by atoms with Gasteiger partial charge in [-0.15, -0.1) is 0 Å². The number of rotatable bonds is 11. The zero-order chi connectivity index (χ0) is 25.6. The molecule has 0 radical (unpaired) electrons. The number of ether oxygens (including phenoxy) is 1. The first-order valence-electron chi connectivity index (χ1n) is 11.8. The fraction of sp³-hybridized carbons (Fsp3) is 0.480. The third-order valence-corrected chi connectivity index (χ3v) is 7.93. The normalized spacial score (nSPS) is 18.0. The highest BCUT2D eigenvalue weighted by Gasteiger charge is 2.39. The van der Waals surface area contributed by atoms with E-state index in [9.17, 15) is 23.4 Å². The number of amides is 1. The second kappa shape index (κ2) is 11.9. The molecule has 2 aromatic rings. The molecule has 192 valence electrons. The van der Waals surface area contributed by atoms with Crippen molar-refractivity contribution >= 4 is 21.8 Å². The van der Waals surface area contributed by atoms with E-state index >= 15 is 0 Å². The Balaban J connectivity index is 1.94. The summed E-state index contributed by atoms with van der Waals surface area (Å²) in [6, 6.07) is 13.9. The Hall–Kier alpha value is -2.66. The van der Waals surface area contributed by atoms with E-state index in [1.807, 2.05) is 44.2 Å². The van der Waals surface area contributed by atoms with Crippen LogP contribution in [-0.4, -0.2) is 78.4 Å². The number of benzene rings is 2. The molecule has 0 aliphatic carbocycles. The van der Waals surface area contributed by atoms with Crippen LogP contribution in [-0.2, 0) is 21.2 Å². The zero-order valence-electron chi connectivity index (χ0n) is 20.2. The Morgan fingerprint density at radius 1 is 1.11 bits per heavy atom. The minimum Gasteiger partial charge on any atom is -0.465 e. The number of nitrogens with two attached hydrogens (primary N) is 1. The molecule has 0 saturated carbocycles. The summed E-state index contributed by atoms with van der Waals surface area (Å²) in [7, 11) is -3.95. The molecule has 1 heterocycles. The van der Waals surface area contributed by atoms with Gasteiger partial charge in [0, 0.05) is 25.4 Å². The second-order valence-corrected chi connectivity index (χ2v) is 11.3. The Morgan fingerprint density at radius 3 is 2.31 bits per heavy atom. The van der Waals surface area contributed by atoms with Crippen LogP contribution in [0.1, 0.15) is 25.8 Å². The van der Waals surface area contributed by atoms with Gasteiger partial charge in [0.2, 0.25) is 10.0 Å². The topological polar surface area (TPSA) is 133 Å². The average molecular weight is 506 g/mol. The summed E-state index contributed by atoms with van der Waals surface area (Å²) >= 11 is 0. The third kappa shape index (κ3) is 6.94. The van der Waals surface area contributed by atoms with Crippen LogP contribution in [0.2, 0.25) is 0 Å². The Labute approximate surface area is 207 Å². The maximum Gasteiger partial charge on any atom is 0.407 e. The quantitative estimate of drug-likeness (QED) is 0.400. The number of hydrogen-bond acceptors (Lipinski definition) is 6. The minimum atomic E-state index is -3.95. The number of sulfonamides is 1. The lowest BCUT2D eigenvalue weighted by atomic mass is 9.97. The molecule has 0 spiro atoms. The molecule has 0 aromatic heterocycles. The van der Waals surface area contributed by atoms with E-state index in [0.29, 0.717) is 18.7 Å². The summed E-state index contributed by atoms with van der Waals surface area (Å²) < 4.78 is 33.6. The molecular weight excluding hydrogens is 470 g/mol. The van der Waals surface area contributed by atoms with Crippen molar-refractivity contribution in [3.63, 3.8) is 0 Å². The summed E-state index contributed by atoms with van der Waals surface area (Å²) in [5.74, 6) is -0.0165. The predicted molar refractivity (Wildman–Crippen MR) is 133 cm³/mol. The largest absolute Gasteiger partial charge is 0.465 e. The van der Waals surface area contributed by atoms with Crippen molar-refractivity contribution in [1.82, 2.24) is 9.21 Å². The van der Waals surface area contributed by atoms with Crippen LogP contribution in [0.4, 0.5) is 10.5 Å². The molecule has 1 fully saturated rings. The molecule has 9 nitrogen and oxygen atoms in total. The van der Waals surface area contributed by atoms with Crippen molar-refractivity contribution in [1.29, 1.82) is 0 Å². The van der Waals surface area contributed by atoms with Gasteiger partial charge in [0.15, 0.2) is 0 Å². The van der Waals surface area contributed by atoms with Gasteiger partial charge in [0.25, 0.3) is 0 Å². The van der Waals surface area contributed by atoms with Gasteiger partial charge in [-0.2, -0.15) is 4.31 Å². The van der Waals surface area contributed by atoms with Gasteiger partial charge in [-0.3, -0.25) is 4.90 Å². The SMILES string of the molecule is CC(C)CN(C[C@@H](O)[C@H](Cc1ccccc1)N(C(=O)O)[C@H]1CCOC1)S(=O)(=O)c1ccc(N)cc1. The number of nitrogens with zero attached hydrogens (tertiary/aromatic N) is 2. The van der Waals surface area contributed by atoms with Crippen LogP contribution >= 0.6 is 0 Å². The second-order valence-electron chi connectivity index (χ2n) is 9.32. The van der Waals surface area contributed by atoms with Gasteiger partial charge >= 0.3 is 6.09 Å². The van der Waals surface area contributed by atoms with Crippen LogP contribution in [0.25, 0.3) is 0 Å². The molecule has 1 aliphatic heterocycles. The summed E-state index contributed by atoms with van der Waals surface area (Å²) in [5.41, 5.74) is 7.01. The van der Waals surface area contributed by atoms with Crippen LogP contribution < -0.4 is 5.73 Å². The number of aliphatic hydroxyl groups excluding tert-OH is 1. The molecule has 4 N–H and O–H groups in total. The van der Waals surface area contributed by atoms with Gasteiger partial charge in [-0.05, 0) is 48.6 Å². The molecule has 3 rings (SSSR count). The number of carbonyl (C=O) groups is 1. The first kappa shape index (κ1) is 26.9. The molecule has 1 aliphatic rings. The molecule has 0 bridgehead atoms. The first-order chi connectivity index (χ1) is 16.6. The maximum atomic E-state index is 13.5.